The maximum absolute atomic E-state index is 14.4. The van der Waals surface area contributed by atoms with E-state index in [1.807, 2.05) is 0 Å². The third kappa shape index (κ3) is 13.7. The van der Waals surface area contributed by atoms with E-state index >= 15 is 0 Å². The zero-order valence-corrected chi connectivity index (χ0v) is 33.0. The van der Waals surface area contributed by atoms with Crippen molar-refractivity contribution in [1.82, 2.24) is 10.2 Å². The van der Waals surface area contributed by atoms with Gasteiger partial charge in [-0.25, -0.2) is 4.79 Å². The SMILES string of the molecule is CCCCCCCCCCC(=O)C[C@@H](CCN)C(=O)N(C)[C@@H]1C(=O)C[C@@H](C)C(=O)N[C@H](C(=O)O)Cc2ccc(OCCN)c(c2)-c2cc1ccc2OCCN. The van der Waals surface area contributed by atoms with Crippen molar-refractivity contribution >= 4 is 29.4 Å². The zero-order chi connectivity index (χ0) is 40.3. The molecule has 2 aromatic carbocycles. The van der Waals surface area contributed by atoms with Crippen LogP contribution >= 0.6 is 0 Å². The van der Waals surface area contributed by atoms with E-state index in [0.29, 0.717) is 40.2 Å². The van der Waals surface area contributed by atoms with Gasteiger partial charge in [-0.15, -0.1) is 0 Å². The highest BCUT2D eigenvalue weighted by molar-refractivity contribution is 5.95. The molecule has 304 valence electrons. The number of benzene rings is 2. The number of unbranched alkanes of at least 4 members (excludes halogenated alkanes) is 7. The molecule has 0 saturated heterocycles. The minimum atomic E-state index is -1.28. The summed E-state index contributed by atoms with van der Waals surface area (Å²) in [5, 5.41) is 12.7. The minimum absolute atomic E-state index is 0.0128. The molecule has 0 unspecified atom stereocenters. The molecule has 2 aromatic rings. The molecule has 0 saturated carbocycles. The van der Waals surface area contributed by atoms with Crippen molar-refractivity contribution in [1.29, 1.82) is 0 Å². The minimum Gasteiger partial charge on any atom is -0.492 e. The van der Waals surface area contributed by atoms with Crippen LogP contribution in [0.2, 0.25) is 0 Å². The molecule has 1 aliphatic heterocycles. The van der Waals surface area contributed by atoms with Crippen LogP contribution in [-0.2, 0) is 30.4 Å². The first-order valence-electron chi connectivity index (χ1n) is 19.9. The third-order valence-corrected chi connectivity index (χ3v) is 10.1. The number of fused-ring (bicyclic) bond motifs is 5. The van der Waals surface area contributed by atoms with Gasteiger partial charge in [0.05, 0.1) is 0 Å². The van der Waals surface area contributed by atoms with Crippen LogP contribution < -0.4 is 32.0 Å². The first-order chi connectivity index (χ1) is 26.4. The number of ketones is 2. The smallest absolute Gasteiger partial charge is 0.326 e. The average Bonchev–Trinajstić information content (AvgIpc) is 3.16. The first-order valence-corrected chi connectivity index (χ1v) is 19.9. The van der Waals surface area contributed by atoms with E-state index in [9.17, 15) is 29.1 Å². The lowest BCUT2D eigenvalue weighted by molar-refractivity contribution is -0.144. The lowest BCUT2D eigenvalue weighted by atomic mass is 9.88. The van der Waals surface area contributed by atoms with E-state index in [-0.39, 0.29) is 64.3 Å². The molecule has 3 rings (SSSR count). The van der Waals surface area contributed by atoms with Gasteiger partial charge in [-0.3, -0.25) is 19.2 Å². The molecule has 0 radical (unpaired) electrons. The number of ether oxygens (including phenoxy) is 2. The number of nitrogens with zero attached hydrogens (tertiary/aromatic N) is 1. The Balaban J connectivity index is 2.06. The summed E-state index contributed by atoms with van der Waals surface area (Å²) in [5.41, 5.74) is 19.6. The number of carbonyl (C=O) groups is 5. The molecule has 0 spiro atoms. The molecule has 13 nitrogen and oxygen atoms in total. The van der Waals surface area contributed by atoms with Crippen LogP contribution in [-0.4, -0.2) is 85.3 Å². The molecule has 0 aliphatic carbocycles. The number of hydrogen-bond donors (Lipinski definition) is 5. The van der Waals surface area contributed by atoms with Crippen LogP contribution in [0.3, 0.4) is 0 Å². The highest BCUT2D eigenvalue weighted by Crippen LogP contribution is 2.40. The first kappa shape index (κ1) is 45.1. The molecule has 1 aliphatic rings. The normalized spacial score (nSPS) is 17.8. The maximum Gasteiger partial charge on any atom is 0.326 e. The Morgan fingerprint density at radius 1 is 0.855 bits per heavy atom. The van der Waals surface area contributed by atoms with E-state index in [1.165, 1.54) is 37.6 Å². The van der Waals surface area contributed by atoms with Crippen molar-refractivity contribution in [3.05, 3.63) is 47.5 Å². The Hall–Kier alpha value is -4.33. The zero-order valence-electron chi connectivity index (χ0n) is 33.0. The Bertz CT molecular complexity index is 1580. The molecule has 1 heterocycles. The number of carboxylic acid groups (broad SMARTS) is 1. The summed E-state index contributed by atoms with van der Waals surface area (Å²) >= 11 is 0. The highest BCUT2D eigenvalue weighted by atomic mass is 16.5. The van der Waals surface area contributed by atoms with Crippen LogP contribution in [0, 0.1) is 11.8 Å². The summed E-state index contributed by atoms with van der Waals surface area (Å²) in [6, 6.07) is 7.90. The standard InChI is InChI=1S/C42H63N5O8/c1-4-5-6-7-8-9-10-11-12-32(48)26-31(17-18-43)41(51)47(3)39-30-14-16-38(55-22-20-45)34(27-30)33-24-29(13-15-37(33)54-21-19-44)25-35(42(52)53)46-40(50)28(2)23-36(39)49/h13-16,24,27-28,31,35,39H,4-12,17-23,25-26,43-45H2,1-3H3,(H,46,50)(H,52,53)/t28-,31-,35+,39+/m1/s1. The monoisotopic (exact) mass is 765 g/mol. The number of aliphatic carboxylic acids is 1. The Morgan fingerprint density at radius 2 is 1.45 bits per heavy atom. The van der Waals surface area contributed by atoms with Gasteiger partial charge in [0.15, 0.2) is 5.78 Å². The second-order valence-corrected chi connectivity index (χ2v) is 14.6. The van der Waals surface area contributed by atoms with Gasteiger partial charge in [0.2, 0.25) is 11.8 Å². The number of nitrogens with two attached hydrogens (primary N) is 3. The number of carbonyl (C=O) groups excluding carboxylic acids is 4. The fraction of sp³-hybridized carbons (Fsp3) is 0.595. The Kier molecular flexibility index (Phi) is 19.3. The van der Waals surface area contributed by atoms with Gasteiger partial charge in [0.25, 0.3) is 0 Å². The summed E-state index contributed by atoms with van der Waals surface area (Å²) < 4.78 is 12.1. The van der Waals surface area contributed by atoms with Crippen LogP contribution in [0.4, 0.5) is 0 Å². The van der Waals surface area contributed by atoms with Crippen molar-refractivity contribution in [2.75, 3.05) is 39.9 Å². The highest BCUT2D eigenvalue weighted by Gasteiger charge is 2.36. The molecule has 4 atom stereocenters. The number of rotatable bonds is 22. The lowest BCUT2D eigenvalue weighted by Crippen LogP contribution is -2.45. The van der Waals surface area contributed by atoms with Gasteiger partial charge in [-0.1, -0.05) is 70.9 Å². The summed E-state index contributed by atoms with van der Waals surface area (Å²) in [7, 11) is 1.53. The van der Waals surface area contributed by atoms with Crippen molar-refractivity contribution in [3.8, 4) is 22.6 Å². The molecule has 13 heteroatoms. The number of likely N-dealkylation sites (N-methyl/N-ethyl adjacent to an activating group) is 1. The largest absolute Gasteiger partial charge is 0.492 e. The van der Waals surface area contributed by atoms with Crippen LogP contribution in [0.1, 0.15) is 108 Å². The van der Waals surface area contributed by atoms with E-state index in [1.54, 1.807) is 43.3 Å². The van der Waals surface area contributed by atoms with Crippen molar-refractivity contribution < 1.29 is 38.6 Å². The van der Waals surface area contributed by atoms with Gasteiger partial charge < -0.3 is 42.0 Å². The van der Waals surface area contributed by atoms with Crippen LogP contribution in [0.5, 0.6) is 11.5 Å². The average molecular weight is 766 g/mol. The van der Waals surface area contributed by atoms with Crippen molar-refractivity contribution in [2.24, 2.45) is 29.0 Å². The number of Topliss-reactive ketones (excluding diaryl/α,β-unsaturated/α-hetero) is 2. The molecule has 0 fully saturated rings. The Morgan fingerprint density at radius 3 is 2.05 bits per heavy atom. The van der Waals surface area contributed by atoms with Crippen LogP contribution in [0.25, 0.3) is 11.1 Å². The fourth-order valence-corrected chi connectivity index (χ4v) is 7.08. The van der Waals surface area contributed by atoms with E-state index in [0.717, 1.165) is 25.7 Å². The summed E-state index contributed by atoms with van der Waals surface area (Å²) in [5.74, 6) is -3.48. The Labute approximate surface area is 326 Å². The van der Waals surface area contributed by atoms with Gasteiger partial charge in [-0.05, 0) is 54.8 Å². The number of nitrogens with one attached hydrogen (secondary N) is 1. The number of hydrogen-bond acceptors (Lipinski definition) is 10. The second kappa shape index (κ2) is 23.6. The molecule has 8 N–H and O–H groups in total. The number of amides is 2. The molecule has 2 amide bonds. The predicted octanol–water partition coefficient (Wildman–Crippen LogP) is 4.70. The quantitative estimate of drug-likeness (QED) is 0.104. The van der Waals surface area contributed by atoms with E-state index in [2.05, 4.69) is 12.2 Å². The van der Waals surface area contributed by atoms with Gasteiger partial charge in [0.1, 0.15) is 42.6 Å². The molecule has 0 aromatic heterocycles. The lowest BCUT2D eigenvalue weighted by Gasteiger charge is -2.32. The van der Waals surface area contributed by atoms with Crippen molar-refractivity contribution in [2.45, 2.75) is 109 Å². The summed E-state index contributed by atoms with van der Waals surface area (Å²) in [4.78, 5) is 68.9. The molecule has 4 bridgehead atoms. The van der Waals surface area contributed by atoms with Crippen LogP contribution in [0.15, 0.2) is 36.4 Å². The fourth-order valence-electron chi connectivity index (χ4n) is 7.08. The van der Waals surface area contributed by atoms with E-state index in [4.69, 9.17) is 26.7 Å². The molecular weight excluding hydrogens is 702 g/mol. The summed E-state index contributed by atoms with van der Waals surface area (Å²) in [6.45, 7) is 4.76. The molecular formula is C42H63N5O8. The summed E-state index contributed by atoms with van der Waals surface area (Å²) in [6.07, 6.45) is 9.15. The predicted molar refractivity (Wildman–Crippen MR) is 213 cm³/mol. The van der Waals surface area contributed by atoms with Crippen molar-refractivity contribution in [3.63, 3.8) is 0 Å². The van der Waals surface area contributed by atoms with Gasteiger partial charge >= 0.3 is 5.97 Å². The van der Waals surface area contributed by atoms with Gasteiger partial charge in [0, 0.05) is 68.8 Å². The van der Waals surface area contributed by atoms with Gasteiger partial charge in [-0.2, -0.15) is 0 Å². The topological polar surface area (TPSA) is 217 Å². The maximum atomic E-state index is 14.4. The third-order valence-electron chi connectivity index (χ3n) is 10.1. The molecule has 55 heavy (non-hydrogen) atoms. The number of carboxylic acids is 1. The van der Waals surface area contributed by atoms with E-state index < -0.39 is 47.5 Å². The second-order valence-electron chi connectivity index (χ2n) is 14.6.